The number of ether oxygens (including phenoxy) is 1. The van der Waals surface area contributed by atoms with Gasteiger partial charge in [0.15, 0.2) is 6.10 Å². The zero-order valence-corrected chi connectivity index (χ0v) is 10.8. The molecule has 1 unspecified atom stereocenters. The van der Waals surface area contributed by atoms with Crippen LogP contribution in [0, 0.1) is 5.82 Å². The molecule has 1 amide bonds. The first-order valence-electron chi connectivity index (χ1n) is 5.98. The van der Waals surface area contributed by atoms with E-state index in [0.717, 1.165) is 0 Å². The minimum Gasteiger partial charge on any atom is -0.497 e. The molecule has 1 atom stereocenters. The second kappa shape index (κ2) is 6.16. The number of benzene rings is 2. The normalized spacial score (nSPS) is 11.8. The number of carbonyl (C=O) groups is 1. The van der Waals surface area contributed by atoms with Gasteiger partial charge in [0.1, 0.15) is 11.6 Å². The molecule has 104 valence electrons. The lowest BCUT2D eigenvalue weighted by molar-refractivity contribution is -0.124. The number of amides is 1. The zero-order valence-electron chi connectivity index (χ0n) is 10.8. The Hall–Kier alpha value is -2.40. The maximum atomic E-state index is 12.8. The van der Waals surface area contributed by atoms with Crippen LogP contribution in [0.15, 0.2) is 48.5 Å². The number of carbonyl (C=O) groups excluding carboxylic acids is 1. The number of hydrogen-bond donors (Lipinski definition) is 2. The molecule has 0 saturated heterocycles. The van der Waals surface area contributed by atoms with Crippen LogP contribution in [0.2, 0.25) is 0 Å². The number of halogens is 1. The van der Waals surface area contributed by atoms with Crippen LogP contribution in [-0.2, 0) is 4.79 Å². The number of rotatable bonds is 4. The van der Waals surface area contributed by atoms with Crippen molar-refractivity contribution in [3.05, 3.63) is 59.9 Å². The third-order valence-electron chi connectivity index (χ3n) is 2.77. The van der Waals surface area contributed by atoms with Gasteiger partial charge in [-0.3, -0.25) is 4.79 Å². The van der Waals surface area contributed by atoms with Gasteiger partial charge in [0.2, 0.25) is 0 Å². The van der Waals surface area contributed by atoms with Crippen LogP contribution in [0.3, 0.4) is 0 Å². The molecule has 0 aromatic heterocycles. The maximum absolute atomic E-state index is 12.8. The molecule has 2 rings (SSSR count). The first kappa shape index (κ1) is 14.0. The van der Waals surface area contributed by atoms with Crippen molar-refractivity contribution in [1.29, 1.82) is 0 Å². The van der Waals surface area contributed by atoms with Crippen molar-refractivity contribution in [2.75, 3.05) is 12.4 Å². The highest BCUT2D eigenvalue weighted by atomic mass is 19.1. The molecule has 2 aromatic carbocycles. The van der Waals surface area contributed by atoms with Crippen molar-refractivity contribution in [2.45, 2.75) is 6.10 Å². The minimum atomic E-state index is -1.32. The van der Waals surface area contributed by atoms with Gasteiger partial charge in [0, 0.05) is 5.69 Å². The third kappa shape index (κ3) is 3.33. The average molecular weight is 275 g/mol. The van der Waals surface area contributed by atoms with Crippen molar-refractivity contribution < 1.29 is 19.0 Å². The second-order valence-corrected chi connectivity index (χ2v) is 4.18. The van der Waals surface area contributed by atoms with E-state index in [4.69, 9.17) is 4.74 Å². The van der Waals surface area contributed by atoms with Gasteiger partial charge in [0.05, 0.1) is 7.11 Å². The molecule has 0 bridgehead atoms. The van der Waals surface area contributed by atoms with E-state index in [1.54, 1.807) is 24.3 Å². The molecule has 20 heavy (non-hydrogen) atoms. The van der Waals surface area contributed by atoms with Crippen LogP contribution in [0.1, 0.15) is 11.7 Å². The highest BCUT2D eigenvalue weighted by Crippen LogP contribution is 2.20. The van der Waals surface area contributed by atoms with Crippen molar-refractivity contribution in [1.82, 2.24) is 0 Å². The van der Waals surface area contributed by atoms with E-state index in [9.17, 15) is 14.3 Å². The Morgan fingerprint density at radius 1 is 1.25 bits per heavy atom. The largest absolute Gasteiger partial charge is 0.497 e. The first-order chi connectivity index (χ1) is 9.60. The predicted octanol–water partition coefficient (Wildman–Crippen LogP) is 2.51. The maximum Gasteiger partial charge on any atom is 0.257 e. The van der Waals surface area contributed by atoms with Crippen LogP contribution in [0.5, 0.6) is 5.75 Å². The van der Waals surface area contributed by atoms with E-state index in [1.807, 2.05) is 0 Å². The summed E-state index contributed by atoms with van der Waals surface area (Å²) in [5.41, 5.74) is 0.835. The molecule has 0 aliphatic carbocycles. The minimum absolute atomic E-state index is 0.392. The van der Waals surface area contributed by atoms with E-state index in [2.05, 4.69) is 5.32 Å². The summed E-state index contributed by atoms with van der Waals surface area (Å²) in [7, 11) is 1.50. The van der Waals surface area contributed by atoms with E-state index < -0.39 is 17.8 Å². The van der Waals surface area contributed by atoms with Crippen molar-refractivity contribution in [3.63, 3.8) is 0 Å². The first-order valence-corrected chi connectivity index (χ1v) is 5.98. The van der Waals surface area contributed by atoms with Gasteiger partial charge in [-0.2, -0.15) is 0 Å². The van der Waals surface area contributed by atoms with Gasteiger partial charge in [-0.05, 0) is 42.0 Å². The summed E-state index contributed by atoms with van der Waals surface area (Å²) in [4.78, 5) is 11.9. The van der Waals surface area contributed by atoms with E-state index in [0.29, 0.717) is 17.0 Å². The summed E-state index contributed by atoms with van der Waals surface area (Å²) in [6.45, 7) is 0. The Morgan fingerprint density at radius 3 is 2.60 bits per heavy atom. The molecule has 0 heterocycles. The number of nitrogens with one attached hydrogen (secondary N) is 1. The molecule has 0 spiro atoms. The molecule has 4 nitrogen and oxygen atoms in total. The smallest absolute Gasteiger partial charge is 0.257 e. The Kier molecular flexibility index (Phi) is 4.32. The number of aliphatic hydroxyl groups excluding tert-OH is 1. The highest BCUT2D eigenvalue weighted by Gasteiger charge is 2.17. The fourth-order valence-electron chi connectivity index (χ4n) is 1.71. The van der Waals surface area contributed by atoms with E-state index >= 15 is 0 Å². The van der Waals surface area contributed by atoms with Gasteiger partial charge in [0.25, 0.3) is 5.91 Å². The van der Waals surface area contributed by atoms with Gasteiger partial charge in [-0.15, -0.1) is 0 Å². The van der Waals surface area contributed by atoms with Crippen LogP contribution >= 0.6 is 0 Å². The standard InChI is InChI=1S/C15H14FNO3/c1-20-13-4-2-3-10(9-13)14(18)15(19)17-12-7-5-11(16)6-8-12/h2-9,14,18H,1H3,(H,17,19). The highest BCUT2D eigenvalue weighted by molar-refractivity contribution is 5.94. The summed E-state index contributed by atoms with van der Waals surface area (Å²) in [6, 6.07) is 11.9. The Labute approximate surface area is 115 Å². The molecular weight excluding hydrogens is 261 g/mol. The summed E-state index contributed by atoms with van der Waals surface area (Å²) in [5.74, 6) is -0.433. The van der Waals surface area contributed by atoms with Crippen LogP contribution < -0.4 is 10.1 Å². The van der Waals surface area contributed by atoms with Gasteiger partial charge in [-0.25, -0.2) is 4.39 Å². The number of hydrogen-bond acceptors (Lipinski definition) is 3. The fourth-order valence-corrected chi connectivity index (χ4v) is 1.71. The molecule has 0 saturated carbocycles. The van der Waals surface area contributed by atoms with Crippen LogP contribution in [0.25, 0.3) is 0 Å². The molecular formula is C15H14FNO3. The fraction of sp³-hybridized carbons (Fsp3) is 0.133. The molecule has 2 N–H and O–H groups in total. The topological polar surface area (TPSA) is 58.6 Å². The lowest BCUT2D eigenvalue weighted by atomic mass is 10.1. The molecule has 0 aliphatic rings. The Morgan fingerprint density at radius 2 is 1.95 bits per heavy atom. The number of methoxy groups -OCH3 is 1. The summed E-state index contributed by atoms with van der Waals surface area (Å²) in [6.07, 6.45) is -1.32. The van der Waals surface area contributed by atoms with Crippen molar-refractivity contribution >= 4 is 11.6 Å². The molecule has 0 fully saturated rings. The molecule has 5 heteroatoms. The predicted molar refractivity (Wildman–Crippen MR) is 73.0 cm³/mol. The SMILES string of the molecule is COc1cccc(C(O)C(=O)Nc2ccc(F)cc2)c1. The van der Waals surface area contributed by atoms with Gasteiger partial charge < -0.3 is 15.2 Å². The average Bonchev–Trinajstić information content (AvgIpc) is 2.48. The molecule has 0 aliphatic heterocycles. The van der Waals surface area contributed by atoms with Gasteiger partial charge >= 0.3 is 0 Å². The lowest BCUT2D eigenvalue weighted by Gasteiger charge is -2.12. The summed E-state index contributed by atoms with van der Waals surface area (Å²) >= 11 is 0. The molecule has 2 aromatic rings. The summed E-state index contributed by atoms with van der Waals surface area (Å²) < 4.78 is 17.8. The quantitative estimate of drug-likeness (QED) is 0.901. The Bertz CT molecular complexity index is 598. The van der Waals surface area contributed by atoms with Crippen molar-refractivity contribution in [2.24, 2.45) is 0 Å². The number of aliphatic hydroxyl groups is 1. The van der Waals surface area contributed by atoms with Gasteiger partial charge in [-0.1, -0.05) is 12.1 Å². The zero-order chi connectivity index (χ0) is 14.5. The second-order valence-electron chi connectivity index (χ2n) is 4.18. The monoisotopic (exact) mass is 275 g/mol. The Balaban J connectivity index is 2.09. The molecule has 0 radical (unpaired) electrons. The van der Waals surface area contributed by atoms with Crippen LogP contribution in [0.4, 0.5) is 10.1 Å². The lowest BCUT2D eigenvalue weighted by Crippen LogP contribution is -2.20. The number of anilines is 1. The third-order valence-corrected chi connectivity index (χ3v) is 2.77. The van der Waals surface area contributed by atoms with E-state index in [1.165, 1.54) is 31.4 Å². The van der Waals surface area contributed by atoms with Crippen LogP contribution in [-0.4, -0.2) is 18.1 Å². The van der Waals surface area contributed by atoms with E-state index in [-0.39, 0.29) is 0 Å². The summed E-state index contributed by atoms with van der Waals surface area (Å²) in [5, 5.41) is 12.5. The van der Waals surface area contributed by atoms with Crippen molar-refractivity contribution in [3.8, 4) is 5.75 Å².